The van der Waals surface area contributed by atoms with Crippen molar-refractivity contribution in [3.8, 4) is 0 Å². The van der Waals surface area contributed by atoms with E-state index in [2.05, 4.69) is 19.2 Å². The van der Waals surface area contributed by atoms with Crippen molar-refractivity contribution < 1.29 is 4.74 Å². The van der Waals surface area contributed by atoms with E-state index in [0.717, 1.165) is 39.0 Å². The summed E-state index contributed by atoms with van der Waals surface area (Å²) in [6.45, 7) is 7.01. The molecule has 1 aliphatic rings. The highest BCUT2D eigenvalue weighted by Gasteiger charge is 2.27. The molecule has 0 aromatic heterocycles. The molecule has 1 fully saturated rings. The Labute approximate surface area is 81.0 Å². The molecule has 1 unspecified atom stereocenters. The van der Waals surface area contributed by atoms with Crippen molar-refractivity contribution in [1.29, 1.82) is 0 Å². The zero-order valence-corrected chi connectivity index (χ0v) is 8.81. The normalized spacial score (nSPS) is 27.5. The van der Waals surface area contributed by atoms with Crippen LogP contribution in [0.3, 0.4) is 0 Å². The highest BCUT2D eigenvalue weighted by Crippen LogP contribution is 2.23. The molecule has 3 heteroatoms. The molecule has 0 aromatic carbocycles. The maximum atomic E-state index is 5.64. The minimum atomic E-state index is 0.0542. The van der Waals surface area contributed by atoms with Gasteiger partial charge in [0.25, 0.3) is 0 Å². The molecular weight excluding hydrogens is 164 g/mol. The first-order valence-corrected chi connectivity index (χ1v) is 5.21. The molecular formula is C10H22N2O. The van der Waals surface area contributed by atoms with Crippen LogP contribution < -0.4 is 11.1 Å². The third-order valence-electron chi connectivity index (χ3n) is 2.51. The number of nitrogens with one attached hydrogen (secondary N) is 1. The van der Waals surface area contributed by atoms with Gasteiger partial charge in [0.1, 0.15) is 0 Å². The van der Waals surface area contributed by atoms with Crippen LogP contribution in [0.5, 0.6) is 0 Å². The lowest BCUT2D eigenvalue weighted by Crippen LogP contribution is -2.44. The van der Waals surface area contributed by atoms with E-state index in [4.69, 9.17) is 10.5 Å². The molecule has 0 aromatic rings. The van der Waals surface area contributed by atoms with Crippen LogP contribution >= 0.6 is 0 Å². The Morgan fingerprint density at radius 1 is 1.54 bits per heavy atom. The van der Waals surface area contributed by atoms with Gasteiger partial charge in [-0.25, -0.2) is 0 Å². The summed E-state index contributed by atoms with van der Waals surface area (Å²) in [4.78, 5) is 0. The standard InChI is InChI=1S/C10H22N2O/c1-10(2)8-9(4-7-13-10)12-6-3-5-11/h9,12H,3-8,11H2,1-2H3. The van der Waals surface area contributed by atoms with Crippen LogP contribution in [0.2, 0.25) is 0 Å². The zero-order valence-electron chi connectivity index (χ0n) is 8.81. The van der Waals surface area contributed by atoms with Gasteiger partial charge in [-0.1, -0.05) is 0 Å². The summed E-state index contributed by atoms with van der Waals surface area (Å²) in [6.07, 6.45) is 3.31. The summed E-state index contributed by atoms with van der Waals surface area (Å²) >= 11 is 0. The number of hydrogen-bond donors (Lipinski definition) is 2. The Morgan fingerprint density at radius 2 is 2.31 bits per heavy atom. The fourth-order valence-electron chi connectivity index (χ4n) is 1.81. The van der Waals surface area contributed by atoms with Gasteiger partial charge < -0.3 is 15.8 Å². The second-order valence-corrected chi connectivity index (χ2v) is 4.39. The lowest BCUT2D eigenvalue weighted by atomic mass is 9.94. The van der Waals surface area contributed by atoms with Crippen LogP contribution in [0.4, 0.5) is 0 Å². The molecule has 3 nitrogen and oxygen atoms in total. The van der Waals surface area contributed by atoms with E-state index in [0.29, 0.717) is 6.04 Å². The molecule has 1 aliphatic heterocycles. The maximum Gasteiger partial charge on any atom is 0.0641 e. The van der Waals surface area contributed by atoms with Gasteiger partial charge in [-0.05, 0) is 46.2 Å². The summed E-state index contributed by atoms with van der Waals surface area (Å²) in [6, 6.07) is 0.621. The lowest BCUT2D eigenvalue weighted by molar-refractivity contribution is -0.0627. The van der Waals surface area contributed by atoms with Crippen molar-refractivity contribution >= 4 is 0 Å². The average molecular weight is 186 g/mol. The van der Waals surface area contributed by atoms with Crippen molar-refractivity contribution in [1.82, 2.24) is 5.32 Å². The molecule has 0 bridgehead atoms. The number of nitrogens with two attached hydrogens (primary N) is 1. The molecule has 0 spiro atoms. The third kappa shape index (κ3) is 4.07. The van der Waals surface area contributed by atoms with Gasteiger partial charge in [-0.3, -0.25) is 0 Å². The smallest absolute Gasteiger partial charge is 0.0641 e. The predicted molar refractivity (Wildman–Crippen MR) is 54.7 cm³/mol. The summed E-state index contributed by atoms with van der Waals surface area (Å²) in [5, 5.41) is 3.52. The molecule has 1 saturated heterocycles. The SMILES string of the molecule is CC1(C)CC(NCCCN)CCO1. The Bertz CT molecular complexity index is 148. The van der Waals surface area contributed by atoms with Crippen molar-refractivity contribution in [3.05, 3.63) is 0 Å². The Balaban J connectivity index is 2.19. The largest absolute Gasteiger partial charge is 0.375 e. The summed E-state index contributed by atoms with van der Waals surface area (Å²) < 4.78 is 5.64. The molecule has 1 rings (SSSR count). The fourth-order valence-corrected chi connectivity index (χ4v) is 1.81. The molecule has 3 N–H and O–H groups in total. The Kier molecular flexibility index (Phi) is 4.16. The molecule has 13 heavy (non-hydrogen) atoms. The monoisotopic (exact) mass is 186 g/mol. The zero-order chi connectivity index (χ0) is 9.73. The van der Waals surface area contributed by atoms with Crippen LogP contribution in [0.15, 0.2) is 0 Å². The van der Waals surface area contributed by atoms with Gasteiger partial charge >= 0.3 is 0 Å². The van der Waals surface area contributed by atoms with Crippen LogP contribution in [-0.2, 0) is 4.74 Å². The molecule has 78 valence electrons. The Hall–Kier alpha value is -0.120. The molecule has 0 saturated carbocycles. The van der Waals surface area contributed by atoms with Crippen LogP contribution in [-0.4, -0.2) is 31.3 Å². The first kappa shape index (κ1) is 11.0. The third-order valence-corrected chi connectivity index (χ3v) is 2.51. The van der Waals surface area contributed by atoms with E-state index in [1.165, 1.54) is 0 Å². The highest BCUT2D eigenvalue weighted by atomic mass is 16.5. The number of rotatable bonds is 4. The summed E-state index contributed by atoms with van der Waals surface area (Å²) in [7, 11) is 0. The average Bonchev–Trinajstić information content (AvgIpc) is 2.03. The van der Waals surface area contributed by atoms with E-state index < -0.39 is 0 Å². The van der Waals surface area contributed by atoms with Crippen LogP contribution in [0.25, 0.3) is 0 Å². The van der Waals surface area contributed by atoms with Gasteiger partial charge in [-0.15, -0.1) is 0 Å². The fraction of sp³-hybridized carbons (Fsp3) is 1.00. The second-order valence-electron chi connectivity index (χ2n) is 4.39. The minimum absolute atomic E-state index is 0.0542. The van der Waals surface area contributed by atoms with Crippen molar-refractivity contribution in [2.24, 2.45) is 5.73 Å². The van der Waals surface area contributed by atoms with E-state index in [-0.39, 0.29) is 5.60 Å². The van der Waals surface area contributed by atoms with Gasteiger partial charge in [-0.2, -0.15) is 0 Å². The van der Waals surface area contributed by atoms with E-state index >= 15 is 0 Å². The predicted octanol–water partition coefficient (Wildman–Crippen LogP) is 0.882. The number of ether oxygens (including phenoxy) is 1. The molecule has 1 atom stereocenters. The number of hydrogen-bond acceptors (Lipinski definition) is 3. The lowest BCUT2D eigenvalue weighted by Gasteiger charge is -2.36. The van der Waals surface area contributed by atoms with Gasteiger partial charge in [0.05, 0.1) is 5.60 Å². The van der Waals surface area contributed by atoms with Crippen LogP contribution in [0, 0.1) is 0 Å². The minimum Gasteiger partial charge on any atom is -0.375 e. The maximum absolute atomic E-state index is 5.64. The van der Waals surface area contributed by atoms with Crippen molar-refractivity contribution in [3.63, 3.8) is 0 Å². The van der Waals surface area contributed by atoms with Crippen LogP contribution in [0.1, 0.15) is 33.1 Å². The quantitative estimate of drug-likeness (QED) is 0.641. The molecule has 0 aliphatic carbocycles. The van der Waals surface area contributed by atoms with Crippen molar-refractivity contribution in [2.45, 2.75) is 44.8 Å². The highest BCUT2D eigenvalue weighted by molar-refractivity contribution is 4.82. The second kappa shape index (κ2) is 4.94. The Morgan fingerprint density at radius 3 is 2.92 bits per heavy atom. The van der Waals surface area contributed by atoms with Gasteiger partial charge in [0, 0.05) is 12.6 Å². The first-order valence-electron chi connectivity index (χ1n) is 5.21. The molecule has 0 radical (unpaired) electrons. The molecule has 1 heterocycles. The first-order chi connectivity index (χ1) is 6.14. The summed E-state index contributed by atoms with van der Waals surface area (Å²) in [5.41, 5.74) is 5.49. The molecule has 0 amide bonds. The van der Waals surface area contributed by atoms with Gasteiger partial charge in [0.15, 0.2) is 0 Å². The van der Waals surface area contributed by atoms with E-state index in [1.54, 1.807) is 0 Å². The van der Waals surface area contributed by atoms with E-state index in [1.807, 2.05) is 0 Å². The van der Waals surface area contributed by atoms with Gasteiger partial charge in [0.2, 0.25) is 0 Å². The summed E-state index contributed by atoms with van der Waals surface area (Å²) in [5.74, 6) is 0. The van der Waals surface area contributed by atoms with Crippen molar-refractivity contribution in [2.75, 3.05) is 19.7 Å². The topological polar surface area (TPSA) is 47.3 Å². The van der Waals surface area contributed by atoms with E-state index in [9.17, 15) is 0 Å².